The van der Waals surface area contributed by atoms with Gasteiger partial charge in [0.2, 0.25) is 0 Å². The van der Waals surface area contributed by atoms with Crippen molar-refractivity contribution >= 4 is 5.57 Å². The van der Waals surface area contributed by atoms with Gasteiger partial charge in [-0.2, -0.15) is 0 Å². The van der Waals surface area contributed by atoms with E-state index in [9.17, 15) is 0 Å². The Morgan fingerprint density at radius 1 is 0.800 bits per heavy atom. The summed E-state index contributed by atoms with van der Waals surface area (Å²) in [5, 5.41) is 0. The van der Waals surface area contributed by atoms with Gasteiger partial charge in [0.15, 0.2) is 0 Å². The van der Waals surface area contributed by atoms with Crippen molar-refractivity contribution in [3.8, 4) is 0 Å². The van der Waals surface area contributed by atoms with Crippen molar-refractivity contribution in [1.82, 2.24) is 0 Å². The third-order valence-electron chi connectivity index (χ3n) is 2.45. The zero-order valence-corrected chi connectivity index (χ0v) is 8.85. The zero-order chi connectivity index (χ0) is 10.5. The summed E-state index contributed by atoms with van der Waals surface area (Å²) in [7, 11) is 0. The molecule has 0 aliphatic heterocycles. The van der Waals surface area contributed by atoms with Gasteiger partial charge in [-0.3, -0.25) is 0 Å². The minimum atomic E-state index is 1.26. The lowest BCUT2D eigenvalue weighted by Gasteiger charge is -2.06. The van der Waals surface area contributed by atoms with E-state index in [1.54, 1.807) is 0 Å². The molecular weight excluding hydrogens is 180 g/mol. The number of aryl methyl sites for hydroxylation is 1. The van der Waals surface area contributed by atoms with Gasteiger partial charge in [0.05, 0.1) is 0 Å². The Balaban J connectivity index is 2.42. The van der Waals surface area contributed by atoms with Gasteiger partial charge in [-0.05, 0) is 23.6 Å². The molecule has 0 saturated carbocycles. The standard InChI is InChI=1S/C15H14/c1-13-9-7-8-12-15(13)14-10-5-3-2-4-6-11-14/h2-12H,1H3/b3-2-,4-2?,5-3?,6-4-,10-5-,11-6?,14-10?,14-11+. The van der Waals surface area contributed by atoms with Crippen LogP contribution in [-0.2, 0) is 0 Å². The van der Waals surface area contributed by atoms with E-state index in [2.05, 4.69) is 55.5 Å². The van der Waals surface area contributed by atoms with E-state index in [4.69, 9.17) is 0 Å². The molecule has 0 radical (unpaired) electrons. The van der Waals surface area contributed by atoms with E-state index in [0.29, 0.717) is 0 Å². The fourth-order valence-corrected chi connectivity index (χ4v) is 1.64. The molecule has 1 aromatic carbocycles. The van der Waals surface area contributed by atoms with Crippen LogP contribution >= 0.6 is 0 Å². The SMILES string of the molecule is Cc1ccccc1C1=C/C=C\C=C/C=C\1. The predicted molar refractivity (Wildman–Crippen MR) is 66.6 cm³/mol. The molecule has 0 nitrogen and oxygen atoms in total. The molecule has 1 aliphatic rings. The van der Waals surface area contributed by atoms with Gasteiger partial charge < -0.3 is 0 Å². The topological polar surface area (TPSA) is 0 Å². The first-order chi connectivity index (χ1) is 7.38. The maximum absolute atomic E-state index is 2.16. The van der Waals surface area contributed by atoms with Crippen LogP contribution < -0.4 is 0 Å². The minimum Gasteiger partial charge on any atom is -0.0623 e. The zero-order valence-electron chi connectivity index (χ0n) is 8.85. The molecular formula is C15H14. The summed E-state index contributed by atoms with van der Waals surface area (Å²) < 4.78 is 0. The second kappa shape index (κ2) is 4.61. The van der Waals surface area contributed by atoms with E-state index in [1.807, 2.05) is 18.2 Å². The quantitative estimate of drug-likeness (QED) is 0.632. The lowest BCUT2D eigenvalue weighted by Crippen LogP contribution is -1.85. The second-order valence-electron chi connectivity index (χ2n) is 3.57. The molecule has 0 atom stereocenters. The lowest BCUT2D eigenvalue weighted by molar-refractivity contribution is 1.43. The van der Waals surface area contributed by atoms with Crippen LogP contribution in [0.3, 0.4) is 0 Å². The average Bonchev–Trinajstić information content (AvgIpc) is 2.19. The predicted octanol–water partition coefficient (Wildman–Crippen LogP) is 4.06. The number of hydrogen-bond donors (Lipinski definition) is 0. The average molecular weight is 194 g/mol. The molecule has 74 valence electrons. The molecule has 0 amide bonds. The molecule has 0 fully saturated rings. The van der Waals surface area contributed by atoms with E-state index >= 15 is 0 Å². The summed E-state index contributed by atoms with van der Waals surface area (Å²) in [5.41, 5.74) is 3.87. The molecule has 0 spiro atoms. The first-order valence-corrected chi connectivity index (χ1v) is 5.15. The molecule has 0 N–H and O–H groups in total. The fraction of sp³-hybridized carbons (Fsp3) is 0.0667. The van der Waals surface area contributed by atoms with Crippen LogP contribution in [0.1, 0.15) is 11.1 Å². The highest BCUT2D eigenvalue weighted by atomic mass is 14.0. The van der Waals surface area contributed by atoms with Crippen molar-refractivity contribution in [3.63, 3.8) is 0 Å². The Hall–Kier alpha value is -1.82. The molecule has 15 heavy (non-hydrogen) atoms. The van der Waals surface area contributed by atoms with Crippen LogP contribution in [-0.4, -0.2) is 0 Å². The van der Waals surface area contributed by atoms with E-state index in [-0.39, 0.29) is 0 Å². The van der Waals surface area contributed by atoms with Crippen LogP contribution in [0.25, 0.3) is 5.57 Å². The van der Waals surface area contributed by atoms with Crippen molar-refractivity contribution in [1.29, 1.82) is 0 Å². The van der Waals surface area contributed by atoms with Gasteiger partial charge in [0.25, 0.3) is 0 Å². The first-order valence-electron chi connectivity index (χ1n) is 5.15. The minimum absolute atomic E-state index is 1.26. The molecule has 1 aliphatic carbocycles. The van der Waals surface area contributed by atoms with Gasteiger partial charge in [-0.25, -0.2) is 0 Å². The second-order valence-corrected chi connectivity index (χ2v) is 3.57. The molecule has 0 saturated heterocycles. The molecule has 1 aromatic rings. The number of rotatable bonds is 1. The van der Waals surface area contributed by atoms with Crippen LogP contribution in [0, 0.1) is 6.92 Å². The van der Waals surface area contributed by atoms with Crippen molar-refractivity contribution in [3.05, 3.63) is 77.9 Å². The highest BCUT2D eigenvalue weighted by Crippen LogP contribution is 2.20. The molecule has 0 unspecified atom stereocenters. The maximum atomic E-state index is 2.16. The Kier molecular flexibility index (Phi) is 2.99. The van der Waals surface area contributed by atoms with Crippen molar-refractivity contribution in [2.45, 2.75) is 6.92 Å². The molecule has 0 bridgehead atoms. The number of benzene rings is 1. The third kappa shape index (κ3) is 2.35. The van der Waals surface area contributed by atoms with Crippen LogP contribution in [0.15, 0.2) is 66.8 Å². The fourth-order valence-electron chi connectivity index (χ4n) is 1.64. The molecule has 0 heteroatoms. The largest absolute Gasteiger partial charge is 0.0623 e. The van der Waals surface area contributed by atoms with Gasteiger partial charge in [-0.1, -0.05) is 66.8 Å². The highest BCUT2D eigenvalue weighted by Gasteiger charge is 1.99. The summed E-state index contributed by atoms with van der Waals surface area (Å²) in [6.45, 7) is 2.14. The van der Waals surface area contributed by atoms with Crippen molar-refractivity contribution < 1.29 is 0 Å². The number of hydrogen-bond acceptors (Lipinski definition) is 0. The Bertz CT molecular complexity index is 457. The Labute approximate surface area is 91.0 Å². The van der Waals surface area contributed by atoms with Crippen LogP contribution in [0.4, 0.5) is 0 Å². The maximum Gasteiger partial charge on any atom is -0.0155 e. The van der Waals surface area contributed by atoms with Gasteiger partial charge in [0, 0.05) is 0 Å². The van der Waals surface area contributed by atoms with Crippen LogP contribution in [0.5, 0.6) is 0 Å². The summed E-state index contributed by atoms with van der Waals surface area (Å²) in [4.78, 5) is 0. The van der Waals surface area contributed by atoms with E-state index < -0.39 is 0 Å². The summed E-state index contributed by atoms with van der Waals surface area (Å²) >= 11 is 0. The normalized spacial score (nSPS) is 24.5. The van der Waals surface area contributed by atoms with Gasteiger partial charge >= 0.3 is 0 Å². The Morgan fingerprint density at radius 3 is 2.40 bits per heavy atom. The summed E-state index contributed by atoms with van der Waals surface area (Å²) in [5.74, 6) is 0. The smallest absolute Gasteiger partial charge is 0.0155 e. The monoisotopic (exact) mass is 194 g/mol. The van der Waals surface area contributed by atoms with Crippen molar-refractivity contribution in [2.75, 3.05) is 0 Å². The van der Waals surface area contributed by atoms with Crippen LogP contribution in [0.2, 0.25) is 0 Å². The molecule has 2 rings (SSSR count). The molecule has 0 heterocycles. The Morgan fingerprint density at radius 2 is 1.53 bits per heavy atom. The summed E-state index contributed by atoms with van der Waals surface area (Å²) in [6.07, 6.45) is 14.5. The first kappa shape index (κ1) is 9.72. The molecule has 0 aromatic heterocycles. The third-order valence-corrected chi connectivity index (χ3v) is 2.45. The van der Waals surface area contributed by atoms with Gasteiger partial charge in [0.1, 0.15) is 0 Å². The van der Waals surface area contributed by atoms with E-state index in [1.165, 1.54) is 16.7 Å². The van der Waals surface area contributed by atoms with E-state index in [0.717, 1.165) is 0 Å². The number of allylic oxidation sites excluding steroid dienone is 8. The van der Waals surface area contributed by atoms with Crippen molar-refractivity contribution in [2.24, 2.45) is 0 Å². The van der Waals surface area contributed by atoms with Gasteiger partial charge in [-0.15, -0.1) is 0 Å². The lowest BCUT2D eigenvalue weighted by atomic mass is 9.99. The highest BCUT2D eigenvalue weighted by molar-refractivity contribution is 5.77. The summed E-state index contributed by atoms with van der Waals surface area (Å²) in [6, 6.07) is 8.45.